The Balaban J connectivity index is 0.000000229. The van der Waals surface area contributed by atoms with Crippen LogP contribution < -0.4 is 0 Å². The number of likely N-dealkylation sites (tertiary alicyclic amines) is 2. The van der Waals surface area contributed by atoms with Crippen LogP contribution in [-0.4, -0.2) is 181 Å². The summed E-state index contributed by atoms with van der Waals surface area (Å²) in [6.07, 6.45) is 4.24. The van der Waals surface area contributed by atoms with Crippen molar-refractivity contribution in [2.45, 2.75) is 26.2 Å². The van der Waals surface area contributed by atoms with Crippen molar-refractivity contribution in [1.82, 2.24) is 34.3 Å². The van der Waals surface area contributed by atoms with Gasteiger partial charge in [-0.25, -0.2) is 0 Å². The van der Waals surface area contributed by atoms with Gasteiger partial charge < -0.3 is 39.0 Å². The fourth-order valence-corrected chi connectivity index (χ4v) is 4.10. The first-order valence-electron chi connectivity index (χ1n) is 14.3. The van der Waals surface area contributed by atoms with Crippen LogP contribution >= 0.6 is 0 Å². The molecule has 0 atom stereocenters. The number of likely N-dealkylation sites (N-methyl/N-ethyl adjacent to an activating group) is 4. The lowest BCUT2D eigenvalue weighted by Gasteiger charge is -2.33. The highest BCUT2D eigenvalue weighted by Gasteiger charge is 2.12. The molecule has 0 spiro atoms. The maximum Gasteiger partial charge on any atom is 0.0594 e. The summed E-state index contributed by atoms with van der Waals surface area (Å²) >= 11 is 0. The molecule has 214 valence electrons. The second-order valence-electron chi connectivity index (χ2n) is 11.2. The normalized spacial score (nSPS) is 24.5. The molecular formula is C28H61N7O. The molecule has 5 aliphatic heterocycles. The van der Waals surface area contributed by atoms with Crippen LogP contribution in [0.5, 0.6) is 0 Å². The van der Waals surface area contributed by atoms with Crippen LogP contribution in [-0.2, 0) is 4.74 Å². The molecule has 5 fully saturated rings. The molecule has 0 unspecified atom stereocenters. The predicted octanol–water partition coefficient (Wildman–Crippen LogP) is 1.61. The van der Waals surface area contributed by atoms with Crippen LogP contribution in [0.15, 0.2) is 12.3 Å². The largest absolute Gasteiger partial charge is 0.379 e. The van der Waals surface area contributed by atoms with E-state index in [-0.39, 0.29) is 0 Å². The van der Waals surface area contributed by atoms with Crippen LogP contribution in [0.2, 0.25) is 0 Å². The summed E-state index contributed by atoms with van der Waals surface area (Å²) in [4.78, 5) is 16.3. The Morgan fingerprint density at radius 2 is 0.750 bits per heavy atom. The van der Waals surface area contributed by atoms with E-state index in [0.29, 0.717) is 0 Å². The second kappa shape index (κ2) is 20.3. The van der Waals surface area contributed by atoms with Gasteiger partial charge in [0, 0.05) is 71.1 Å². The highest BCUT2D eigenvalue weighted by atomic mass is 16.5. The number of hydrogen-bond acceptors (Lipinski definition) is 8. The van der Waals surface area contributed by atoms with Crippen LogP contribution in [0, 0.1) is 0 Å². The Bertz CT molecular complexity index is 508. The summed E-state index contributed by atoms with van der Waals surface area (Å²) in [5.41, 5.74) is 1.20. The van der Waals surface area contributed by atoms with Gasteiger partial charge in [-0.3, -0.25) is 0 Å². The van der Waals surface area contributed by atoms with Crippen molar-refractivity contribution in [3.05, 3.63) is 12.3 Å². The van der Waals surface area contributed by atoms with Crippen molar-refractivity contribution in [1.29, 1.82) is 0 Å². The highest BCUT2D eigenvalue weighted by Crippen LogP contribution is 2.04. The molecule has 0 aromatic rings. The van der Waals surface area contributed by atoms with Gasteiger partial charge in [0.2, 0.25) is 0 Å². The lowest BCUT2D eigenvalue weighted by atomic mass is 10.3. The first kappa shape index (κ1) is 33.3. The molecule has 0 bridgehead atoms. The van der Waals surface area contributed by atoms with E-state index >= 15 is 0 Å². The van der Waals surface area contributed by atoms with Gasteiger partial charge in [0.1, 0.15) is 0 Å². The number of hydrogen-bond donors (Lipinski definition) is 0. The Morgan fingerprint density at radius 1 is 0.444 bits per heavy atom. The average Bonchev–Trinajstić information content (AvgIpc) is 3.33. The van der Waals surface area contributed by atoms with E-state index in [1.807, 2.05) is 0 Å². The van der Waals surface area contributed by atoms with Crippen molar-refractivity contribution in [2.24, 2.45) is 0 Å². The van der Waals surface area contributed by atoms with E-state index in [9.17, 15) is 0 Å². The summed E-state index contributed by atoms with van der Waals surface area (Å²) < 4.78 is 5.10. The predicted molar refractivity (Wildman–Crippen MR) is 156 cm³/mol. The highest BCUT2D eigenvalue weighted by molar-refractivity contribution is 4.90. The fraction of sp³-hybridized carbons (Fsp3) is 0.929. The number of rotatable bonds is 1. The van der Waals surface area contributed by atoms with Crippen molar-refractivity contribution in [2.75, 3.05) is 147 Å². The van der Waals surface area contributed by atoms with Crippen molar-refractivity contribution in [3.8, 4) is 0 Å². The van der Waals surface area contributed by atoms with Crippen molar-refractivity contribution in [3.63, 3.8) is 0 Å². The molecule has 0 amide bonds. The number of allylic oxidation sites excluding steroid dienone is 1. The molecule has 5 rings (SSSR count). The molecule has 0 aromatic carbocycles. The zero-order chi connectivity index (χ0) is 26.8. The van der Waals surface area contributed by atoms with E-state index < -0.39 is 0 Å². The van der Waals surface area contributed by atoms with E-state index in [4.69, 9.17) is 4.74 Å². The minimum absolute atomic E-state index is 0.913. The first-order chi connectivity index (χ1) is 17.2. The minimum Gasteiger partial charge on any atom is -0.379 e. The van der Waals surface area contributed by atoms with Gasteiger partial charge in [0.05, 0.1) is 13.2 Å². The van der Waals surface area contributed by atoms with Gasteiger partial charge in [-0.15, -0.1) is 0 Å². The SMILES string of the molecule is C=C(C)N1CCN(C)CC1.CN1CCC1.CN1CCCC1.CN1CCN(C)CC1.CN1CCOCC1. The standard InChI is InChI=1S/C8H16N2.C6H14N2.C5H11NO.C5H11N.C4H9N/c1-8(2)10-6-4-9(3)5-7-10;1-7-3-5-8(2)6-4-7;1-6-2-4-7-5-3-6;1-6-4-2-3-5-6;1-5-3-2-4-5/h1,4-7H2,2-3H3;3-6H2,1-2H3;2-5H2,1H3;2-5H2,1H3;2-4H2,1H3. The summed E-state index contributed by atoms with van der Waals surface area (Å²) in [5, 5.41) is 0. The summed E-state index contributed by atoms with van der Waals surface area (Å²) in [7, 11) is 12.9. The third-order valence-electron chi connectivity index (χ3n) is 7.41. The molecule has 5 heterocycles. The van der Waals surface area contributed by atoms with E-state index in [0.717, 1.165) is 39.4 Å². The number of ether oxygens (including phenoxy) is 1. The zero-order valence-corrected chi connectivity index (χ0v) is 25.2. The van der Waals surface area contributed by atoms with Gasteiger partial charge in [-0.05, 0) is 94.7 Å². The van der Waals surface area contributed by atoms with Gasteiger partial charge >= 0.3 is 0 Å². The molecular weight excluding hydrogens is 450 g/mol. The van der Waals surface area contributed by atoms with Crippen LogP contribution in [0.4, 0.5) is 0 Å². The number of morpholine rings is 1. The fourth-order valence-electron chi connectivity index (χ4n) is 4.10. The zero-order valence-electron chi connectivity index (χ0n) is 25.2. The third-order valence-corrected chi connectivity index (χ3v) is 7.41. The molecule has 0 aromatic heterocycles. The maximum atomic E-state index is 5.10. The lowest BCUT2D eigenvalue weighted by molar-refractivity contribution is 0.0503. The van der Waals surface area contributed by atoms with E-state index in [1.54, 1.807) is 0 Å². The van der Waals surface area contributed by atoms with E-state index in [2.05, 4.69) is 90.1 Å². The smallest absolute Gasteiger partial charge is 0.0594 e. The van der Waals surface area contributed by atoms with Crippen LogP contribution in [0.3, 0.4) is 0 Å². The third kappa shape index (κ3) is 17.7. The molecule has 8 heteroatoms. The lowest BCUT2D eigenvalue weighted by Crippen LogP contribution is -2.43. The molecule has 0 N–H and O–H groups in total. The van der Waals surface area contributed by atoms with Gasteiger partial charge in [-0.1, -0.05) is 6.58 Å². The van der Waals surface area contributed by atoms with Crippen molar-refractivity contribution < 1.29 is 4.74 Å². The van der Waals surface area contributed by atoms with Crippen LogP contribution in [0.1, 0.15) is 26.2 Å². The Labute approximate surface area is 224 Å². The molecule has 0 aliphatic carbocycles. The minimum atomic E-state index is 0.913. The van der Waals surface area contributed by atoms with Gasteiger partial charge in [-0.2, -0.15) is 0 Å². The average molecular weight is 512 g/mol. The molecule has 8 nitrogen and oxygen atoms in total. The topological polar surface area (TPSA) is 31.9 Å². The molecule has 36 heavy (non-hydrogen) atoms. The van der Waals surface area contributed by atoms with E-state index in [1.165, 1.54) is 90.4 Å². The second-order valence-corrected chi connectivity index (χ2v) is 11.2. The van der Waals surface area contributed by atoms with Gasteiger partial charge in [0.15, 0.2) is 0 Å². The summed E-state index contributed by atoms with van der Waals surface area (Å²) in [6, 6.07) is 0. The number of piperazine rings is 2. The maximum absolute atomic E-state index is 5.10. The Kier molecular flexibility index (Phi) is 18.7. The Morgan fingerprint density at radius 3 is 0.972 bits per heavy atom. The van der Waals surface area contributed by atoms with Crippen molar-refractivity contribution >= 4 is 0 Å². The van der Waals surface area contributed by atoms with Crippen LogP contribution in [0.25, 0.3) is 0 Å². The summed E-state index contributed by atoms with van der Waals surface area (Å²) in [6.45, 7) is 24.9. The first-order valence-corrected chi connectivity index (χ1v) is 14.3. The van der Waals surface area contributed by atoms with Gasteiger partial charge in [0.25, 0.3) is 0 Å². The quantitative estimate of drug-likeness (QED) is 0.525. The number of nitrogens with zero attached hydrogens (tertiary/aromatic N) is 7. The molecule has 5 saturated heterocycles. The Hall–Kier alpha value is -0.740. The molecule has 5 aliphatic rings. The summed E-state index contributed by atoms with van der Waals surface area (Å²) in [5.74, 6) is 0. The molecule has 0 saturated carbocycles. The molecule has 0 radical (unpaired) electrons. The monoisotopic (exact) mass is 511 g/mol.